The molecule has 0 amide bonds. The minimum Gasteiger partial charge on any atom is -0.477 e. The number of aryl methyl sites for hydroxylation is 1. The summed E-state index contributed by atoms with van der Waals surface area (Å²) in [5.41, 5.74) is 0.472. The Morgan fingerprint density at radius 3 is 2.71 bits per heavy atom. The van der Waals surface area contributed by atoms with E-state index < -0.39 is 16.0 Å². The topological polar surface area (TPSA) is 86.7 Å². The largest absolute Gasteiger partial charge is 0.477 e. The highest BCUT2D eigenvalue weighted by Crippen LogP contribution is 2.26. The number of carboxylic acids is 1. The Kier molecular flexibility index (Phi) is 5.67. The van der Waals surface area contributed by atoms with Crippen LogP contribution in [-0.2, 0) is 10.0 Å². The van der Waals surface area contributed by atoms with Crippen molar-refractivity contribution in [1.82, 2.24) is 9.62 Å². The van der Waals surface area contributed by atoms with Crippen molar-refractivity contribution in [2.45, 2.75) is 11.8 Å². The average Bonchev–Trinajstić information content (AvgIpc) is 2.83. The van der Waals surface area contributed by atoms with Gasteiger partial charge in [-0.15, -0.1) is 11.3 Å². The second kappa shape index (κ2) is 7.10. The number of thiophene rings is 1. The van der Waals surface area contributed by atoms with Crippen LogP contribution >= 0.6 is 23.1 Å². The van der Waals surface area contributed by atoms with Crippen molar-refractivity contribution in [1.29, 1.82) is 0 Å². The van der Waals surface area contributed by atoms with Gasteiger partial charge in [-0.25, -0.2) is 17.9 Å². The van der Waals surface area contributed by atoms with Crippen LogP contribution < -0.4 is 4.72 Å². The molecule has 0 aliphatic carbocycles. The van der Waals surface area contributed by atoms with Crippen LogP contribution in [0.1, 0.15) is 15.2 Å². The molecule has 0 unspecified atom stereocenters. The molecule has 2 rings (SSSR count). The molecule has 0 aromatic carbocycles. The number of carbonyl (C=O) groups is 1. The molecule has 2 heterocycles. The summed E-state index contributed by atoms with van der Waals surface area (Å²) in [6.07, 6.45) is 0. The number of hydrogen-bond donors (Lipinski definition) is 2. The lowest BCUT2D eigenvalue weighted by Crippen LogP contribution is -2.39. The van der Waals surface area contributed by atoms with E-state index in [1.807, 2.05) is 11.8 Å². The Balaban J connectivity index is 2.01. The summed E-state index contributed by atoms with van der Waals surface area (Å²) < 4.78 is 27.1. The molecule has 9 heteroatoms. The summed E-state index contributed by atoms with van der Waals surface area (Å²) in [6, 6.07) is 0. The lowest BCUT2D eigenvalue weighted by atomic mass is 10.3. The van der Waals surface area contributed by atoms with Gasteiger partial charge < -0.3 is 10.0 Å². The van der Waals surface area contributed by atoms with Crippen LogP contribution in [0.15, 0.2) is 10.3 Å². The van der Waals surface area contributed by atoms with Crippen LogP contribution in [0.4, 0.5) is 0 Å². The molecule has 118 valence electrons. The van der Waals surface area contributed by atoms with Gasteiger partial charge in [0.1, 0.15) is 9.77 Å². The fourth-order valence-electron chi connectivity index (χ4n) is 2.15. The third-order valence-electron chi connectivity index (χ3n) is 3.20. The van der Waals surface area contributed by atoms with E-state index in [1.165, 1.54) is 0 Å². The average molecular weight is 350 g/mol. The van der Waals surface area contributed by atoms with Crippen molar-refractivity contribution in [3.05, 3.63) is 15.8 Å². The summed E-state index contributed by atoms with van der Waals surface area (Å²) in [4.78, 5) is 13.1. The number of hydrogen-bond acceptors (Lipinski definition) is 6. The van der Waals surface area contributed by atoms with Gasteiger partial charge in [-0.05, 0) is 17.9 Å². The van der Waals surface area contributed by atoms with Gasteiger partial charge >= 0.3 is 5.97 Å². The second-order valence-electron chi connectivity index (χ2n) is 4.73. The minimum atomic E-state index is -3.78. The number of sulfonamides is 1. The summed E-state index contributed by atoms with van der Waals surface area (Å²) in [5.74, 6) is 0.931. The maximum atomic E-state index is 12.3. The number of rotatable bonds is 6. The number of thioether (sulfide) groups is 1. The van der Waals surface area contributed by atoms with Crippen LogP contribution in [0.3, 0.4) is 0 Å². The Morgan fingerprint density at radius 2 is 2.10 bits per heavy atom. The van der Waals surface area contributed by atoms with Gasteiger partial charge in [0.05, 0.1) is 0 Å². The van der Waals surface area contributed by atoms with E-state index in [2.05, 4.69) is 9.62 Å². The predicted molar refractivity (Wildman–Crippen MR) is 85.0 cm³/mol. The predicted octanol–water partition coefficient (Wildman–Crippen LogP) is 1.08. The summed E-state index contributed by atoms with van der Waals surface area (Å²) in [7, 11) is -3.78. The van der Waals surface area contributed by atoms with Crippen molar-refractivity contribution >= 4 is 39.1 Å². The molecule has 0 saturated carbocycles. The van der Waals surface area contributed by atoms with Gasteiger partial charge in [0.2, 0.25) is 10.0 Å². The maximum absolute atomic E-state index is 12.3. The smallest absolute Gasteiger partial charge is 0.347 e. The molecule has 1 aliphatic rings. The standard InChI is InChI=1S/C12H18N2O4S3/c1-9-8-20-10(12(15)16)11(9)21(17,18)13-2-3-14-4-6-19-7-5-14/h8,13H,2-7H2,1H3,(H,15,16). The van der Waals surface area contributed by atoms with E-state index in [0.29, 0.717) is 18.7 Å². The van der Waals surface area contributed by atoms with E-state index in [1.54, 1.807) is 12.3 Å². The first-order chi connectivity index (χ1) is 9.92. The molecule has 1 fully saturated rings. The van der Waals surface area contributed by atoms with Gasteiger partial charge in [0.15, 0.2) is 0 Å². The second-order valence-corrected chi connectivity index (χ2v) is 8.54. The molecular weight excluding hydrogens is 332 g/mol. The quantitative estimate of drug-likeness (QED) is 0.798. The maximum Gasteiger partial charge on any atom is 0.347 e. The van der Waals surface area contributed by atoms with Gasteiger partial charge in [0.25, 0.3) is 0 Å². The molecule has 2 N–H and O–H groups in total. The van der Waals surface area contributed by atoms with E-state index in [4.69, 9.17) is 5.11 Å². The van der Waals surface area contributed by atoms with Crippen LogP contribution in [0.2, 0.25) is 0 Å². The Labute approximate surface area is 132 Å². The van der Waals surface area contributed by atoms with Crippen LogP contribution in [-0.4, -0.2) is 62.1 Å². The lowest BCUT2D eigenvalue weighted by molar-refractivity contribution is 0.0698. The van der Waals surface area contributed by atoms with E-state index in [9.17, 15) is 13.2 Å². The third kappa shape index (κ3) is 4.19. The zero-order chi connectivity index (χ0) is 15.5. The Bertz CT molecular complexity index is 606. The monoisotopic (exact) mass is 350 g/mol. The first kappa shape index (κ1) is 16.8. The highest BCUT2D eigenvalue weighted by Gasteiger charge is 2.26. The number of nitrogens with zero attached hydrogens (tertiary/aromatic N) is 1. The number of carboxylic acid groups (broad SMARTS) is 1. The molecule has 0 atom stereocenters. The van der Waals surface area contributed by atoms with Crippen LogP contribution in [0.25, 0.3) is 0 Å². The molecule has 1 aliphatic heterocycles. The highest BCUT2D eigenvalue weighted by molar-refractivity contribution is 7.99. The lowest BCUT2D eigenvalue weighted by Gasteiger charge is -2.25. The van der Waals surface area contributed by atoms with Gasteiger partial charge in [0, 0.05) is 37.7 Å². The van der Waals surface area contributed by atoms with E-state index in [0.717, 1.165) is 35.9 Å². The fraction of sp³-hybridized carbons (Fsp3) is 0.583. The summed E-state index contributed by atoms with van der Waals surface area (Å²) in [5, 5.41) is 10.6. The van der Waals surface area contributed by atoms with Crippen molar-refractivity contribution < 1.29 is 18.3 Å². The normalized spacial score (nSPS) is 17.0. The third-order valence-corrected chi connectivity index (χ3v) is 7.01. The molecule has 0 bridgehead atoms. The zero-order valence-electron chi connectivity index (χ0n) is 11.7. The Morgan fingerprint density at radius 1 is 1.43 bits per heavy atom. The number of aromatic carboxylic acids is 1. The van der Waals surface area contributed by atoms with Gasteiger partial charge in [-0.2, -0.15) is 11.8 Å². The molecular formula is C12H18N2O4S3. The first-order valence-corrected chi connectivity index (χ1v) is 10.0. The van der Waals surface area contributed by atoms with Gasteiger partial charge in [-0.1, -0.05) is 0 Å². The highest BCUT2D eigenvalue weighted by atomic mass is 32.2. The molecule has 0 radical (unpaired) electrons. The summed E-state index contributed by atoms with van der Waals surface area (Å²) in [6.45, 7) is 4.47. The summed E-state index contributed by atoms with van der Waals surface area (Å²) >= 11 is 2.84. The van der Waals surface area contributed by atoms with Crippen LogP contribution in [0.5, 0.6) is 0 Å². The van der Waals surface area contributed by atoms with Crippen molar-refractivity contribution in [3.63, 3.8) is 0 Å². The first-order valence-electron chi connectivity index (χ1n) is 6.53. The van der Waals surface area contributed by atoms with E-state index >= 15 is 0 Å². The SMILES string of the molecule is Cc1csc(C(=O)O)c1S(=O)(=O)NCCN1CCSCC1. The molecule has 0 spiro atoms. The molecule has 6 nitrogen and oxygen atoms in total. The number of nitrogens with one attached hydrogen (secondary N) is 1. The van der Waals surface area contributed by atoms with Crippen molar-refractivity contribution in [2.75, 3.05) is 37.7 Å². The fourth-order valence-corrected chi connectivity index (χ4v) is 5.78. The Hall–Kier alpha value is -0.610. The van der Waals surface area contributed by atoms with Crippen LogP contribution in [0, 0.1) is 6.92 Å². The molecule has 1 saturated heterocycles. The van der Waals surface area contributed by atoms with E-state index in [-0.39, 0.29) is 9.77 Å². The molecule has 21 heavy (non-hydrogen) atoms. The zero-order valence-corrected chi connectivity index (χ0v) is 14.1. The van der Waals surface area contributed by atoms with Crippen molar-refractivity contribution in [3.8, 4) is 0 Å². The van der Waals surface area contributed by atoms with Gasteiger partial charge in [-0.3, -0.25) is 0 Å². The van der Waals surface area contributed by atoms with Crippen molar-refractivity contribution in [2.24, 2.45) is 0 Å². The minimum absolute atomic E-state index is 0.103. The molecule has 1 aromatic heterocycles. The molecule has 1 aromatic rings.